The van der Waals surface area contributed by atoms with Gasteiger partial charge in [-0.05, 0) is 23.3 Å². The van der Waals surface area contributed by atoms with Crippen molar-refractivity contribution in [3.8, 4) is 5.75 Å². The van der Waals surface area contributed by atoms with E-state index in [9.17, 15) is 4.79 Å². The summed E-state index contributed by atoms with van der Waals surface area (Å²) in [6.45, 7) is 0.520. The quantitative estimate of drug-likeness (QED) is 0.854. The number of carbonyl (C=O) groups is 1. The van der Waals surface area contributed by atoms with E-state index < -0.39 is 0 Å². The highest BCUT2D eigenvalue weighted by Gasteiger charge is 2.28. The number of carbonyl (C=O) groups excluding carboxylic acids is 1. The molecular formula is C17H16O3. The van der Waals surface area contributed by atoms with Gasteiger partial charge in [0.05, 0.1) is 18.6 Å². The highest BCUT2D eigenvalue weighted by molar-refractivity contribution is 5.99. The van der Waals surface area contributed by atoms with Crippen LogP contribution in [0.25, 0.3) is 0 Å². The molecule has 0 saturated carbocycles. The number of methoxy groups -OCH3 is 1. The fourth-order valence-corrected chi connectivity index (χ4v) is 2.58. The van der Waals surface area contributed by atoms with Crippen molar-refractivity contribution in [1.29, 1.82) is 0 Å². The number of hydrogen-bond acceptors (Lipinski definition) is 3. The largest absolute Gasteiger partial charge is 0.484 e. The maximum atomic E-state index is 12.2. The molecule has 1 heterocycles. The number of fused-ring (bicyclic) bond motifs is 1. The zero-order valence-electron chi connectivity index (χ0n) is 11.3. The molecule has 0 aromatic heterocycles. The Kier molecular flexibility index (Phi) is 3.52. The lowest BCUT2D eigenvalue weighted by Gasteiger charge is -2.26. The molecule has 3 heteroatoms. The molecule has 0 radical (unpaired) electrons. The fraction of sp³-hybridized carbons (Fsp3) is 0.235. The zero-order valence-corrected chi connectivity index (χ0v) is 11.3. The van der Waals surface area contributed by atoms with Crippen molar-refractivity contribution in [2.45, 2.75) is 19.1 Å². The third kappa shape index (κ3) is 2.32. The number of ether oxygens (including phenoxy) is 2. The monoisotopic (exact) mass is 268 g/mol. The van der Waals surface area contributed by atoms with Crippen molar-refractivity contribution in [1.82, 2.24) is 0 Å². The Bertz CT molecular complexity index is 634. The summed E-state index contributed by atoms with van der Waals surface area (Å²) in [4.78, 5) is 12.2. The molecule has 0 bridgehead atoms. The van der Waals surface area contributed by atoms with Gasteiger partial charge in [-0.25, -0.2) is 0 Å². The van der Waals surface area contributed by atoms with Gasteiger partial charge >= 0.3 is 0 Å². The van der Waals surface area contributed by atoms with Crippen LogP contribution >= 0.6 is 0 Å². The van der Waals surface area contributed by atoms with Gasteiger partial charge in [-0.15, -0.1) is 0 Å². The highest BCUT2D eigenvalue weighted by atomic mass is 16.5. The predicted octanol–water partition coefficient (Wildman–Crippen LogP) is 3.54. The van der Waals surface area contributed by atoms with Gasteiger partial charge < -0.3 is 9.47 Å². The van der Waals surface area contributed by atoms with Gasteiger partial charge in [-0.3, -0.25) is 4.79 Å². The summed E-state index contributed by atoms with van der Waals surface area (Å²) in [6.07, 6.45) is 0.140. The van der Waals surface area contributed by atoms with Crippen LogP contribution in [0.1, 0.15) is 34.0 Å². The van der Waals surface area contributed by atoms with E-state index in [2.05, 4.69) is 0 Å². The second-order valence-corrected chi connectivity index (χ2v) is 4.86. The lowest BCUT2D eigenvalue weighted by molar-refractivity contribution is 0.0845. The summed E-state index contributed by atoms with van der Waals surface area (Å²) in [7, 11) is 1.67. The molecule has 1 unspecified atom stereocenters. The van der Waals surface area contributed by atoms with E-state index in [0.717, 1.165) is 11.1 Å². The van der Waals surface area contributed by atoms with Crippen molar-refractivity contribution in [2.75, 3.05) is 7.11 Å². The lowest BCUT2D eigenvalue weighted by Crippen LogP contribution is -2.21. The van der Waals surface area contributed by atoms with E-state index in [1.807, 2.05) is 48.5 Å². The first-order valence-corrected chi connectivity index (χ1v) is 6.65. The first kappa shape index (κ1) is 12.9. The molecule has 0 saturated heterocycles. The summed E-state index contributed by atoms with van der Waals surface area (Å²) in [5, 5.41) is 0. The lowest BCUT2D eigenvalue weighted by atomic mass is 9.94. The van der Waals surface area contributed by atoms with Crippen molar-refractivity contribution in [3.63, 3.8) is 0 Å². The van der Waals surface area contributed by atoms with Crippen LogP contribution in [0.15, 0.2) is 48.5 Å². The van der Waals surface area contributed by atoms with E-state index in [0.29, 0.717) is 24.3 Å². The number of benzene rings is 2. The predicted molar refractivity (Wildman–Crippen MR) is 75.9 cm³/mol. The Labute approximate surface area is 118 Å². The molecule has 0 amide bonds. The average Bonchev–Trinajstić information content (AvgIpc) is 2.48. The summed E-state index contributed by atoms with van der Waals surface area (Å²) in [5.74, 6) is 0.796. The third-order valence-corrected chi connectivity index (χ3v) is 3.53. The van der Waals surface area contributed by atoms with Gasteiger partial charge in [0, 0.05) is 7.11 Å². The molecule has 3 nitrogen and oxygen atoms in total. The Morgan fingerprint density at radius 3 is 2.75 bits per heavy atom. The van der Waals surface area contributed by atoms with Crippen LogP contribution in [-0.2, 0) is 11.3 Å². The molecule has 1 aliphatic heterocycles. The SMILES string of the molecule is COCc1ccccc1C1CC(=O)c2ccccc2O1. The Hall–Kier alpha value is -2.13. The fourth-order valence-electron chi connectivity index (χ4n) is 2.58. The Morgan fingerprint density at radius 2 is 1.90 bits per heavy atom. The maximum absolute atomic E-state index is 12.2. The standard InChI is InChI=1S/C17H16O3/c1-19-11-12-6-2-3-7-13(12)17-10-15(18)14-8-4-5-9-16(14)20-17/h2-9,17H,10-11H2,1H3. The van der Waals surface area contributed by atoms with Crippen LogP contribution in [0, 0.1) is 0 Å². The van der Waals surface area contributed by atoms with Gasteiger partial charge in [0.2, 0.25) is 0 Å². The van der Waals surface area contributed by atoms with Gasteiger partial charge in [-0.1, -0.05) is 36.4 Å². The van der Waals surface area contributed by atoms with Crippen molar-refractivity contribution in [3.05, 3.63) is 65.2 Å². The van der Waals surface area contributed by atoms with Crippen molar-refractivity contribution >= 4 is 5.78 Å². The molecule has 3 rings (SSSR count). The zero-order chi connectivity index (χ0) is 13.9. The Balaban J connectivity index is 1.96. The van der Waals surface area contributed by atoms with Gasteiger partial charge in [0.15, 0.2) is 5.78 Å². The normalized spacial score (nSPS) is 17.4. The first-order chi connectivity index (χ1) is 9.79. The average molecular weight is 268 g/mol. The van der Waals surface area contributed by atoms with E-state index in [1.54, 1.807) is 7.11 Å². The molecule has 102 valence electrons. The van der Waals surface area contributed by atoms with Crippen LogP contribution in [0.5, 0.6) is 5.75 Å². The van der Waals surface area contributed by atoms with Crippen LogP contribution < -0.4 is 4.74 Å². The minimum atomic E-state index is -0.233. The molecule has 0 aliphatic carbocycles. The summed E-state index contributed by atoms with van der Waals surface area (Å²) in [6, 6.07) is 15.3. The number of para-hydroxylation sites is 1. The summed E-state index contributed by atoms with van der Waals surface area (Å²) < 4.78 is 11.2. The molecule has 1 atom stereocenters. The van der Waals surface area contributed by atoms with Crippen molar-refractivity contribution in [2.24, 2.45) is 0 Å². The molecule has 20 heavy (non-hydrogen) atoms. The molecule has 1 aliphatic rings. The molecular weight excluding hydrogens is 252 g/mol. The Morgan fingerprint density at radius 1 is 1.15 bits per heavy atom. The van der Waals surface area contributed by atoms with E-state index >= 15 is 0 Å². The van der Waals surface area contributed by atoms with E-state index in [1.165, 1.54) is 0 Å². The minimum absolute atomic E-state index is 0.129. The van der Waals surface area contributed by atoms with E-state index in [4.69, 9.17) is 9.47 Å². The highest BCUT2D eigenvalue weighted by Crippen LogP contribution is 2.35. The molecule has 0 N–H and O–H groups in total. The molecule has 2 aromatic rings. The first-order valence-electron chi connectivity index (χ1n) is 6.65. The smallest absolute Gasteiger partial charge is 0.170 e. The second-order valence-electron chi connectivity index (χ2n) is 4.86. The van der Waals surface area contributed by atoms with Crippen molar-refractivity contribution < 1.29 is 14.3 Å². The maximum Gasteiger partial charge on any atom is 0.170 e. The number of Topliss-reactive ketones (excluding diaryl/α,β-unsaturated/α-hetero) is 1. The van der Waals surface area contributed by atoms with Crippen LogP contribution in [0.4, 0.5) is 0 Å². The molecule has 0 fully saturated rings. The third-order valence-electron chi connectivity index (χ3n) is 3.53. The topological polar surface area (TPSA) is 35.5 Å². The van der Waals surface area contributed by atoms with Gasteiger partial charge in [-0.2, -0.15) is 0 Å². The molecule has 2 aromatic carbocycles. The van der Waals surface area contributed by atoms with Gasteiger partial charge in [0.25, 0.3) is 0 Å². The summed E-state index contributed by atoms with van der Waals surface area (Å²) in [5.41, 5.74) is 2.76. The minimum Gasteiger partial charge on any atom is -0.484 e. The van der Waals surface area contributed by atoms with Gasteiger partial charge in [0.1, 0.15) is 11.9 Å². The van der Waals surface area contributed by atoms with Crippen LogP contribution in [0.2, 0.25) is 0 Å². The summed E-state index contributed by atoms with van der Waals surface area (Å²) >= 11 is 0. The van der Waals surface area contributed by atoms with Crippen LogP contribution in [-0.4, -0.2) is 12.9 Å². The van der Waals surface area contributed by atoms with E-state index in [-0.39, 0.29) is 11.9 Å². The molecule has 0 spiro atoms. The second kappa shape index (κ2) is 5.47. The number of rotatable bonds is 3. The van der Waals surface area contributed by atoms with Crippen LogP contribution in [0.3, 0.4) is 0 Å². The number of ketones is 1. The number of hydrogen-bond donors (Lipinski definition) is 0.